The lowest BCUT2D eigenvalue weighted by molar-refractivity contribution is 0.0752. The van der Waals surface area contributed by atoms with Gasteiger partial charge in [-0.3, -0.25) is 9.78 Å². The summed E-state index contributed by atoms with van der Waals surface area (Å²) >= 11 is 0. The van der Waals surface area contributed by atoms with E-state index in [0.29, 0.717) is 12.1 Å². The molecule has 3 heteroatoms. The molecule has 1 aromatic heterocycles. The van der Waals surface area contributed by atoms with Gasteiger partial charge in [0.05, 0.1) is 5.56 Å². The Kier molecular flexibility index (Phi) is 2.81. The SMILES string of the molecule is C=C1CCCN(C(=O)c2cccnc2)C1. The highest BCUT2D eigenvalue weighted by molar-refractivity contribution is 5.94. The Morgan fingerprint density at radius 2 is 2.40 bits per heavy atom. The first-order chi connectivity index (χ1) is 7.27. The summed E-state index contributed by atoms with van der Waals surface area (Å²) in [7, 11) is 0. The van der Waals surface area contributed by atoms with Crippen molar-refractivity contribution in [1.29, 1.82) is 0 Å². The molecule has 3 nitrogen and oxygen atoms in total. The molecule has 0 aliphatic carbocycles. The predicted molar refractivity (Wildman–Crippen MR) is 58.5 cm³/mol. The van der Waals surface area contributed by atoms with Crippen LogP contribution in [0.2, 0.25) is 0 Å². The fourth-order valence-electron chi connectivity index (χ4n) is 1.79. The predicted octanol–water partition coefficient (Wildman–Crippen LogP) is 1.87. The van der Waals surface area contributed by atoms with E-state index in [-0.39, 0.29) is 5.91 Å². The molecule has 1 aliphatic rings. The van der Waals surface area contributed by atoms with Crippen molar-refractivity contribution in [3.63, 3.8) is 0 Å². The molecule has 0 radical (unpaired) electrons. The Morgan fingerprint density at radius 1 is 1.53 bits per heavy atom. The van der Waals surface area contributed by atoms with Gasteiger partial charge in [0.2, 0.25) is 0 Å². The molecule has 0 bridgehead atoms. The van der Waals surface area contributed by atoms with Gasteiger partial charge in [0.25, 0.3) is 5.91 Å². The van der Waals surface area contributed by atoms with Crippen LogP contribution in [0.1, 0.15) is 23.2 Å². The minimum atomic E-state index is 0.0592. The third-order valence-corrected chi connectivity index (χ3v) is 2.57. The van der Waals surface area contributed by atoms with E-state index in [1.807, 2.05) is 4.90 Å². The first-order valence-corrected chi connectivity index (χ1v) is 5.13. The molecule has 0 spiro atoms. The topological polar surface area (TPSA) is 33.2 Å². The van der Waals surface area contributed by atoms with Crippen molar-refractivity contribution < 1.29 is 4.79 Å². The zero-order valence-corrected chi connectivity index (χ0v) is 8.65. The van der Waals surface area contributed by atoms with E-state index in [2.05, 4.69) is 11.6 Å². The number of hydrogen-bond acceptors (Lipinski definition) is 2. The summed E-state index contributed by atoms with van der Waals surface area (Å²) in [6.07, 6.45) is 5.34. The fourth-order valence-corrected chi connectivity index (χ4v) is 1.79. The number of piperidine rings is 1. The van der Waals surface area contributed by atoms with Crippen molar-refractivity contribution in [2.75, 3.05) is 13.1 Å². The van der Waals surface area contributed by atoms with Crippen molar-refractivity contribution >= 4 is 5.91 Å². The Hall–Kier alpha value is -1.64. The molecule has 1 saturated heterocycles. The molecule has 15 heavy (non-hydrogen) atoms. The van der Waals surface area contributed by atoms with Crippen LogP contribution in [-0.2, 0) is 0 Å². The molecule has 0 N–H and O–H groups in total. The first-order valence-electron chi connectivity index (χ1n) is 5.13. The van der Waals surface area contributed by atoms with Crippen molar-refractivity contribution in [1.82, 2.24) is 9.88 Å². The lowest BCUT2D eigenvalue weighted by atomic mass is 10.1. The summed E-state index contributed by atoms with van der Waals surface area (Å²) in [6.45, 7) is 5.45. The lowest BCUT2D eigenvalue weighted by Crippen LogP contribution is -2.36. The second kappa shape index (κ2) is 4.26. The van der Waals surface area contributed by atoms with Crippen LogP contribution in [0, 0.1) is 0 Å². The minimum Gasteiger partial charge on any atom is -0.335 e. The average molecular weight is 202 g/mol. The highest BCUT2D eigenvalue weighted by atomic mass is 16.2. The molecule has 2 heterocycles. The number of aromatic nitrogens is 1. The molecule has 0 atom stereocenters. The highest BCUT2D eigenvalue weighted by Gasteiger charge is 2.19. The van der Waals surface area contributed by atoms with E-state index in [1.54, 1.807) is 24.5 Å². The largest absolute Gasteiger partial charge is 0.335 e. The third kappa shape index (κ3) is 2.24. The second-order valence-electron chi connectivity index (χ2n) is 3.82. The number of nitrogens with zero attached hydrogens (tertiary/aromatic N) is 2. The smallest absolute Gasteiger partial charge is 0.255 e. The lowest BCUT2D eigenvalue weighted by Gasteiger charge is -2.28. The number of amides is 1. The van der Waals surface area contributed by atoms with E-state index in [4.69, 9.17) is 0 Å². The summed E-state index contributed by atoms with van der Waals surface area (Å²) in [6, 6.07) is 3.58. The summed E-state index contributed by atoms with van der Waals surface area (Å²) in [5.41, 5.74) is 1.80. The van der Waals surface area contributed by atoms with E-state index in [9.17, 15) is 4.79 Å². The van der Waals surface area contributed by atoms with Crippen LogP contribution in [0.4, 0.5) is 0 Å². The minimum absolute atomic E-state index is 0.0592. The number of likely N-dealkylation sites (tertiary alicyclic amines) is 1. The van der Waals surface area contributed by atoms with Gasteiger partial charge in [-0.05, 0) is 25.0 Å². The maximum atomic E-state index is 12.0. The normalized spacial score (nSPS) is 16.5. The van der Waals surface area contributed by atoms with Crippen LogP contribution >= 0.6 is 0 Å². The van der Waals surface area contributed by atoms with Crippen molar-refractivity contribution in [3.05, 3.63) is 42.2 Å². The molecule has 78 valence electrons. The number of hydrogen-bond donors (Lipinski definition) is 0. The molecule has 1 fully saturated rings. The van der Waals surface area contributed by atoms with Crippen LogP contribution in [-0.4, -0.2) is 28.9 Å². The monoisotopic (exact) mass is 202 g/mol. The van der Waals surface area contributed by atoms with E-state index < -0.39 is 0 Å². The van der Waals surface area contributed by atoms with Crippen molar-refractivity contribution in [2.45, 2.75) is 12.8 Å². The van der Waals surface area contributed by atoms with Crippen LogP contribution in [0.3, 0.4) is 0 Å². The zero-order chi connectivity index (χ0) is 10.7. The molecule has 1 aliphatic heterocycles. The molecule has 1 aromatic rings. The number of carbonyl (C=O) groups excluding carboxylic acids is 1. The summed E-state index contributed by atoms with van der Waals surface area (Å²) in [5, 5.41) is 0. The molecule has 0 saturated carbocycles. The maximum Gasteiger partial charge on any atom is 0.255 e. The Morgan fingerprint density at radius 3 is 3.07 bits per heavy atom. The molecule has 0 unspecified atom stereocenters. The standard InChI is InChI=1S/C12H14N2O/c1-10-4-3-7-14(9-10)12(15)11-5-2-6-13-8-11/h2,5-6,8H,1,3-4,7,9H2. The molecular formula is C12H14N2O. The maximum absolute atomic E-state index is 12.0. The summed E-state index contributed by atoms with van der Waals surface area (Å²) < 4.78 is 0. The van der Waals surface area contributed by atoms with Gasteiger partial charge >= 0.3 is 0 Å². The number of rotatable bonds is 1. The van der Waals surface area contributed by atoms with Gasteiger partial charge < -0.3 is 4.90 Å². The van der Waals surface area contributed by atoms with Gasteiger partial charge in [-0.1, -0.05) is 12.2 Å². The van der Waals surface area contributed by atoms with Crippen LogP contribution in [0.25, 0.3) is 0 Å². The number of pyridine rings is 1. The molecule has 1 amide bonds. The van der Waals surface area contributed by atoms with Gasteiger partial charge in [0.15, 0.2) is 0 Å². The van der Waals surface area contributed by atoms with Crippen LogP contribution in [0.5, 0.6) is 0 Å². The Bertz CT molecular complexity index is 372. The fraction of sp³-hybridized carbons (Fsp3) is 0.333. The van der Waals surface area contributed by atoms with Crippen LogP contribution in [0.15, 0.2) is 36.7 Å². The molecule has 2 rings (SSSR count). The molecular weight excluding hydrogens is 188 g/mol. The number of carbonyl (C=O) groups is 1. The second-order valence-corrected chi connectivity index (χ2v) is 3.82. The Labute approximate surface area is 89.4 Å². The van der Waals surface area contributed by atoms with E-state index in [0.717, 1.165) is 25.0 Å². The van der Waals surface area contributed by atoms with Gasteiger partial charge in [0.1, 0.15) is 0 Å². The van der Waals surface area contributed by atoms with Crippen molar-refractivity contribution in [3.8, 4) is 0 Å². The van der Waals surface area contributed by atoms with Gasteiger partial charge in [-0.15, -0.1) is 0 Å². The van der Waals surface area contributed by atoms with Crippen molar-refractivity contribution in [2.24, 2.45) is 0 Å². The highest BCUT2D eigenvalue weighted by Crippen LogP contribution is 2.15. The summed E-state index contributed by atoms with van der Waals surface area (Å²) in [4.78, 5) is 17.8. The van der Waals surface area contributed by atoms with E-state index in [1.165, 1.54) is 0 Å². The Balaban J connectivity index is 2.11. The van der Waals surface area contributed by atoms with E-state index >= 15 is 0 Å². The zero-order valence-electron chi connectivity index (χ0n) is 8.65. The third-order valence-electron chi connectivity index (χ3n) is 2.57. The van der Waals surface area contributed by atoms with Gasteiger partial charge in [-0.25, -0.2) is 0 Å². The van der Waals surface area contributed by atoms with Crippen LogP contribution < -0.4 is 0 Å². The average Bonchev–Trinajstić information content (AvgIpc) is 2.29. The quantitative estimate of drug-likeness (QED) is 0.651. The van der Waals surface area contributed by atoms with Gasteiger partial charge in [0, 0.05) is 25.5 Å². The summed E-state index contributed by atoms with van der Waals surface area (Å²) in [5.74, 6) is 0.0592. The molecule has 0 aromatic carbocycles. The first kappa shape index (κ1) is 9.90. The van der Waals surface area contributed by atoms with Gasteiger partial charge in [-0.2, -0.15) is 0 Å².